The Morgan fingerprint density at radius 3 is 2.27 bits per heavy atom. The molecule has 1 fully saturated rings. The van der Waals surface area contributed by atoms with Gasteiger partial charge in [-0.05, 0) is 0 Å². The summed E-state index contributed by atoms with van der Waals surface area (Å²) in [6.45, 7) is -0.956. The molecule has 2 aromatic heterocycles. The van der Waals surface area contributed by atoms with Gasteiger partial charge in [0.1, 0.15) is 30.2 Å². The quantitative estimate of drug-likeness (QED) is 0.136. The van der Waals surface area contributed by atoms with Crippen LogP contribution in [-0.4, -0.2) is 104 Å². The van der Waals surface area contributed by atoms with Gasteiger partial charge in [0, 0.05) is 0 Å². The number of nitrogen functional groups attached to an aromatic ring is 1. The molecule has 8 N–H and O–H groups in total. The Balaban J connectivity index is 0.00000272. The molecule has 1 saturated heterocycles. The summed E-state index contributed by atoms with van der Waals surface area (Å²) in [6.07, 6.45) is -3.69. The van der Waals surface area contributed by atoms with Crippen molar-refractivity contribution in [1.29, 1.82) is 0 Å². The standard InChI is InChI=1S/C10H16N5O13P3.ClH.Na.H/c11-8-5-9(13-2-12-8)15(3-14-5)10-7(17)6(16)4(26-10)1-25-30(21,22)28-31(23,24)27-29(18,19)20;;;/h2-4,6-7,10,16-17H,1H2,(H,21,22)(H,23,24)(H2,11,12,13)(H2,18,19,20);1H;;/t4-,6-,7-,10-;;;/m1.../s1. The molecule has 3 rings (SSSR count). The van der Waals surface area contributed by atoms with Crippen LogP contribution >= 0.6 is 35.9 Å². The molecule has 0 bridgehead atoms. The van der Waals surface area contributed by atoms with Crippen LogP contribution in [0.4, 0.5) is 5.82 Å². The zero-order chi connectivity index (χ0) is 23.2. The molecule has 18 nitrogen and oxygen atoms in total. The van der Waals surface area contributed by atoms with Crippen LogP contribution in [0.3, 0.4) is 0 Å². The van der Waals surface area contributed by atoms with Gasteiger partial charge >= 0.3 is 53.0 Å². The SMILES string of the molecule is Cl.Nc1ncnc2c1ncn2[C@@H]1O[C@H](COP(=O)(O)OP(=O)(O)OP(=O)(O)O)[C@@H](O)[C@H]1O.[NaH]. The monoisotopic (exact) mass is 567 g/mol. The molecule has 23 heteroatoms. The number of hydrogen-bond acceptors (Lipinski definition) is 13. The molecule has 0 aromatic carbocycles. The van der Waals surface area contributed by atoms with E-state index in [1.807, 2.05) is 0 Å². The molecule has 0 spiro atoms. The minimum absolute atomic E-state index is 0. The molecule has 0 radical (unpaired) electrons. The molecule has 6 atom stereocenters. The number of phosphoric ester groups is 1. The number of rotatable bonds is 8. The molecular weight excluding hydrogens is 549 g/mol. The fourth-order valence-corrected chi connectivity index (χ4v) is 5.65. The number of fused-ring (bicyclic) bond motifs is 1. The number of phosphoric acid groups is 3. The van der Waals surface area contributed by atoms with E-state index in [4.69, 9.17) is 25.2 Å². The summed E-state index contributed by atoms with van der Waals surface area (Å²) in [5, 5.41) is 20.4. The second-order valence-corrected chi connectivity index (χ2v) is 10.4. The zero-order valence-corrected chi connectivity index (χ0v) is 18.8. The summed E-state index contributed by atoms with van der Waals surface area (Å²) in [7, 11) is -16.7. The van der Waals surface area contributed by atoms with Gasteiger partial charge < -0.3 is 40.3 Å². The Labute approximate surface area is 212 Å². The van der Waals surface area contributed by atoms with Crippen LogP contribution in [-0.2, 0) is 31.6 Å². The number of imidazole rings is 1. The molecule has 2 aromatic rings. The van der Waals surface area contributed by atoms with E-state index in [1.165, 1.54) is 10.9 Å². The number of anilines is 1. The third-order valence-corrected chi connectivity index (χ3v) is 7.62. The first-order valence-electron chi connectivity index (χ1n) is 7.92. The van der Waals surface area contributed by atoms with Crippen molar-refractivity contribution < 1.29 is 61.4 Å². The number of ether oxygens (including phenoxy) is 1. The van der Waals surface area contributed by atoms with Crippen molar-refractivity contribution in [1.82, 2.24) is 19.5 Å². The van der Waals surface area contributed by atoms with Gasteiger partial charge in [-0.3, -0.25) is 9.09 Å². The van der Waals surface area contributed by atoms with Gasteiger partial charge in [-0.15, -0.1) is 12.4 Å². The Hall–Kier alpha value is -0.0700. The van der Waals surface area contributed by atoms with Crippen LogP contribution in [0.15, 0.2) is 12.7 Å². The molecule has 0 amide bonds. The average Bonchev–Trinajstić information content (AvgIpc) is 3.13. The van der Waals surface area contributed by atoms with Gasteiger partial charge in [0.15, 0.2) is 17.7 Å². The van der Waals surface area contributed by atoms with Crippen LogP contribution in [0.2, 0.25) is 0 Å². The number of hydrogen-bond donors (Lipinski definition) is 7. The van der Waals surface area contributed by atoms with E-state index in [0.29, 0.717) is 0 Å². The summed E-state index contributed by atoms with van der Waals surface area (Å²) >= 11 is 0. The van der Waals surface area contributed by atoms with Crippen LogP contribution < -0.4 is 5.73 Å². The maximum absolute atomic E-state index is 11.8. The molecule has 1 aliphatic heterocycles. The van der Waals surface area contributed by atoms with E-state index in [9.17, 15) is 28.8 Å². The van der Waals surface area contributed by atoms with Crippen molar-refractivity contribution in [2.75, 3.05) is 12.3 Å². The predicted molar refractivity (Wildman–Crippen MR) is 110 cm³/mol. The molecule has 33 heavy (non-hydrogen) atoms. The number of nitrogens with two attached hydrogens (primary N) is 1. The fraction of sp³-hybridized carbons (Fsp3) is 0.500. The van der Waals surface area contributed by atoms with Crippen molar-refractivity contribution in [3.05, 3.63) is 12.7 Å². The Kier molecular flexibility index (Phi) is 10.6. The van der Waals surface area contributed by atoms with Crippen molar-refractivity contribution in [2.45, 2.75) is 24.5 Å². The topological polar surface area (TPSA) is 279 Å². The Morgan fingerprint density at radius 1 is 1.03 bits per heavy atom. The molecule has 3 heterocycles. The van der Waals surface area contributed by atoms with Gasteiger partial charge in [0.2, 0.25) is 0 Å². The van der Waals surface area contributed by atoms with Crippen molar-refractivity contribution >= 4 is 82.4 Å². The van der Waals surface area contributed by atoms with Crippen LogP contribution in [0, 0.1) is 0 Å². The number of nitrogens with zero attached hydrogens (tertiary/aromatic N) is 4. The average molecular weight is 568 g/mol. The van der Waals surface area contributed by atoms with Crippen molar-refractivity contribution in [2.24, 2.45) is 0 Å². The van der Waals surface area contributed by atoms with E-state index in [2.05, 4.69) is 28.1 Å². The third kappa shape index (κ3) is 7.70. The zero-order valence-electron chi connectivity index (χ0n) is 15.3. The van der Waals surface area contributed by atoms with Gasteiger partial charge in [-0.2, -0.15) is 8.62 Å². The molecule has 184 valence electrons. The predicted octanol–water partition coefficient (Wildman–Crippen LogP) is -1.86. The number of aliphatic hydroxyl groups excluding tert-OH is 2. The first kappa shape index (κ1) is 31.0. The second-order valence-electron chi connectivity index (χ2n) is 6.02. The minimum atomic E-state index is -5.70. The summed E-state index contributed by atoms with van der Waals surface area (Å²) in [5.74, 6) is 0.0426. The van der Waals surface area contributed by atoms with E-state index in [0.717, 1.165) is 6.33 Å². The third-order valence-electron chi connectivity index (χ3n) is 3.82. The maximum atomic E-state index is 11.8. The fourth-order valence-electron chi connectivity index (χ4n) is 2.62. The van der Waals surface area contributed by atoms with Gasteiger partial charge in [-0.1, -0.05) is 0 Å². The summed E-state index contributed by atoms with van der Waals surface area (Å²) in [5.41, 5.74) is 6.00. The normalized spacial score (nSPS) is 26.7. The Morgan fingerprint density at radius 2 is 1.67 bits per heavy atom. The van der Waals surface area contributed by atoms with Gasteiger partial charge in [-0.25, -0.2) is 28.6 Å². The molecular formula is C10H18ClN5NaO13P3. The Bertz CT molecular complexity index is 1120. The van der Waals surface area contributed by atoms with E-state index in [1.54, 1.807) is 0 Å². The summed E-state index contributed by atoms with van der Waals surface area (Å²) in [4.78, 5) is 47.2. The molecule has 0 saturated carbocycles. The van der Waals surface area contributed by atoms with E-state index >= 15 is 0 Å². The molecule has 1 aliphatic rings. The number of aromatic nitrogens is 4. The van der Waals surface area contributed by atoms with Crippen LogP contribution in [0.1, 0.15) is 6.23 Å². The number of halogens is 1. The van der Waals surface area contributed by atoms with E-state index < -0.39 is 54.6 Å². The molecule has 2 unspecified atom stereocenters. The van der Waals surface area contributed by atoms with Crippen LogP contribution in [0.25, 0.3) is 11.2 Å². The molecule has 0 aliphatic carbocycles. The van der Waals surface area contributed by atoms with Gasteiger partial charge in [0.05, 0.1) is 12.9 Å². The second kappa shape index (κ2) is 11.3. The van der Waals surface area contributed by atoms with E-state index in [-0.39, 0.29) is 58.9 Å². The first-order valence-corrected chi connectivity index (χ1v) is 12.4. The first-order chi connectivity index (χ1) is 14.2. The van der Waals surface area contributed by atoms with Crippen molar-refractivity contribution in [3.63, 3.8) is 0 Å². The van der Waals surface area contributed by atoms with Gasteiger partial charge in [0.25, 0.3) is 0 Å². The van der Waals surface area contributed by atoms with Crippen LogP contribution in [0.5, 0.6) is 0 Å². The number of aliphatic hydroxyl groups is 2. The van der Waals surface area contributed by atoms with Crippen molar-refractivity contribution in [3.8, 4) is 0 Å². The summed E-state index contributed by atoms with van der Waals surface area (Å²) < 4.78 is 51.9. The summed E-state index contributed by atoms with van der Waals surface area (Å²) in [6, 6.07) is 0.